The SMILES string of the molecule is O=C(O)NC(CN1CCC(O)CC1)C(=O)N1CCC(N2CCCCC2)CC1. The summed E-state index contributed by atoms with van der Waals surface area (Å²) in [4.78, 5) is 30.6. The summed E-state index contributed by atoms with van der Waals surface area (Å²) in [6.45, 7) is 5.52. The molecule has 3 heterocycles. The first kappa shape index (κ1) is 20.4. The summed E-state index contributed by atoms with van der Waals surface area (Å²) in [7, 11) is 0. The Kier molecular flexibility index (Phi) is 7.32. The maximum absolute atomic E-state index is 13.0. The third-order valence-corrected chi connectivity index (χ3v) is 6.28. The highest BCUT2D eigenvalue weighted by Crippen LogP contribution is 2.21. The third-order valence-electron chi connectivity index (χ3n) is 6.28. The molecule has 0 aromatic rings. The van der Waals surface area contributed by atoms with Crippen LogP contribution in [-0.4, -0.2) is 101 Å². The fourth-order valence-electron chi connectivity index (χ4n) is 4.65. The number of likely N-dealkylation sites (tertiary alicyclic amines) is 3. The van der Waals surface area contributed by atoms with Crippen LogP contribution in [0.4, 0.5) is 4.79 Å². The van der Waals surface area contributed by atoms with E-state index in [4.69, 9.17) is 5.11 Å². The van der Waals surface area contributed by atoms with E-state index in [9.17, 15) is 14.7 Å². The second-order valence-corrected chi connectivity index (χ2v) is 8.19. The van der Waals surface area contributed by atoms with E-state index in [2.05, 4.69) is 15.1 Å². The Hall–Kier alpha value is -1.38. The first-order valence-corrected chi connectivity index (χ1v) is 10.5. The number of amides is 2. The van der Waals surface area contributed by atoms with Gasteiger partial charge in [0.15, 0.2) is 0 Å². The molecule has 0 aromatic heterocycles. The largest absolute Gasteiger partial charge is 0.465 e. The number of hydrogen-bond donors (Lipinski definition) is 3. The number of carbonyl (C=O) groups excluding carboxylic acids is 1. The fraction of sp³-hybridized carbons (Fsp3) is 0.895. The molecule has 0 radical (unpaired) electrons. The highest BCUT2D eigenvalue weighted by atomic mass is 16.4. The fourth-order valence-corrected chi connectivity index (χ4v) is 4.65. The monoisotopic (exact) mass is 382 g/mol. The standard InChI is InChI=1S/C19H34N4O4/c24-16-6-10-21(11-7-16)14-17(20-19(26)27)18(25)23-12-4-15(5-13-23)22-8-2-1-3-9-22/h15-17,20,24H,1-14H2,(H,26,27). The van der Waals surface area contributed by atoms with E-state index in [1.807, 2.05) is 4.90 Å². The van der Waals surface area contributed by atoms with Crippen LogP contribution in [-0.2, 0) is 4.79 Å². The van der Waals surface area contributed by atoms with E-state index in [-0.39, 0.29) is 12.0 Å². The first-order chi connectivity index (χ1) is 13.0. The maximum Gasteiger partial charge on any atom is 0.405 e. The molecule has 3 N–H and O–H groups in total. The van der Waals surface area contributed by atoms with Gasteiger partial charge in [0.2, 0.25) is 5.91 Å². The van der Waals surface area contributed by atoms with Gasteiger partial charge in [-0.1, -0.05) is 6.42 Å². The Labute approximate surface area is 161 Å². The van der Waals surface area contributed by atoms with Gasteiger partial charge < -0.3 is 30.2 Å². The average Bonchev–Trinajstić information content (AvgIpc) is 2.69. The molecule has 0 spiro atoms. The molecule has 1 unspecified atom stereocenters. The van der Waals surface area contributed by atoms with Gasteiger partial charge in [0.1, 0.15) is 6.04 Å². The third kappa shape index (κ3) is 5.80. The van der Waals surface area contributed by atoms with E-state index in [1.54, 1.807) is 0 Å². The highest BCUT2D eigenvalue weighted by molar-refractivity contribution is 5.85. The van der Waals surface area contributed by atoms with E-state index < -0.39 is 12.1 Å². The minimum atomic E-state index is -1.16. The summed E-state index contributed by atoms with van der Waals surface area (Å²) in [5, 5.41) is 21.2. The Morgan fingerprint density at radius 2 is 1.56 bits per heavy atom. The smallest absolute Gasteiger partial charge is 0.405 e. The number of rotatable bonds is 5. The molecule has 3 saturated heterocycles. The van der Waals surface area contributed by atoms with Gasteiger partial charge >= 0.3 is 6.09 Å². The lowest BCUT2D eigenvalue weighted by atomic mass is 9.99. The molecule has 0 aliphatic carbocycles. The van der Waals surface area contributed by atoms with E-state index in [1.165, 1.54) is 32.4 Å². The summed E-state index contributed by atoms with van der Waals surface area (Å²) in [5.74, 6) is -0.111. The molecule has 0 saturated carbocycles. The second kappa shape index (κ2) is 9.71. The number of aliphatic hydroxyl groups is 1. The number of aliphatic hydroxyl groups excluding tert-OH is 1. The van der Waals surface area contributed by atoms with Crippen LogP contribution in [0.3, 0.4) is 0 Å². The topological polar surface area (TPSA) is 96.3 Å². The quantitative estimate of drug-likeness (QED) is 0.643. The Balaban J connectivity index is 1.51. The minimum absolute atomic E-state index is 0.111. The lowest BCUT2D eigenvalue weighted by Crippen LogP contribution is -2.57. The molecular weight excluding hydrogens is 348 g/mol. The maximum atomic E-state index is 13.0. The van der Waals surface area contributed by atoms with Crippen molar-refractivity contribution in [2.75, 3.05) is 45.8 Å². The number of carbonyl (C=O) groups is 2. The Bertz CT molecular complexity index is 496. The van der Waals surface area contributed by atoms with Gasteiger partial charge in [-0.05, 0) is 51.6 Å². The summed E-state index contributed by atoms with van der Waals surface area (Å²) in [6.07, 6.45) is 5.73. The van der Waals surface area contributed by atoms with Crippen LogP contribution in [0.25, 0.3) is 0 Å². The number of carboxylic acid groups (broad SMARTS) is 1. The van der Waals surface area contributed by atoms with Gasteiger partial charge in [-0.2, -0.15) is 0 Å². The van der Waals surface area contributed by atoms with E-state index in [0.717, 1.165) is 12.8 Å². The Morgan fingerprint density at radius 1 is 0.926 bits per heavy atom. The Morgan fingerprint density at radius 3 is 2.15 bits per heavy atom. The molecule has 1 atom stereocenters. The minimum Gasteiger partial charge on any atom is -0.465 e. The molecule has 0 aromatic carbocycles. The molecule has 0 bridgehead atoms. The summed E-state index contributed by atoms with van der Waals surface area (Å²) >= 11 is 0. The molecule has 3 aliphatic heterocycles. The van der Waals surface area contributed by atoms with Crippen molar-refractivity contribution in [3.8, 4) is 0 Å². The summed E-state index contributed by atoms with van der Waals surface area (Å²) in [5.41, 5.74) is 0. The predicted molar refractivity (Wildman–Crippen MR) is 102 cm³/mol. The molecule has 8 heteroatoms. The van der Waals surface area contributed by atoms with Crippen LogP contribution in [0.1, 0.15) is 44.9 Å². The normalized spacial score (nSPS) is 25.3. The first-order valence-electron chi connectivity index (χ1n) is 10.5. The number of hydrogen-bond acceptors (Lipinski definition) is 5. The van der Waals surface area contributed by atoms with Gasteiger partial charge in [0.25, 0.3) is 0 Å². The van der Waals surface area contributed by atoms with Crippen molar-refractivity contribution in [2.24, 2.45) is 0 Å². The lowest BCUT2D eigenvalue weighted by molar-refractivity contribution is -0.135. The van der Waals surface area contributed by atoms with Crippen molar-refractivity contribution < 1.29 is 19.8 Å². The van der Waals surface area contributed by atoms with Crippen LogP contribution in [0, 0.1) is 0 Å². The number of piperidine rings is 3. The molecule has 3 aliphatic rings. The molecule has 3 rings (SSSR count). The van der Waals surface area contributed by atoms with Crippen molar-refractivity contribution in [3.63, 3.8) is 0 Å². The van der Waals surface area contributed by atoms with Crippen LogP contribution >= 0.6 is 0 Å². The van der Waals surface area contributed by atoms with Crippen molar-refractivity contribution in [3.05, 3.63) is 0 Å². The van der Waals surface area contributed by atoms with Crippen molar-refractivity contribution in [1.29, 1.82) is 0 Å². The van der Waals surface area contributed by atoms with Gasteiger partial charge in [-0.3, -0.25) is 4.79 Å². The van der Waals surface area contributed by atoms with Crippen LogP contribution in [0.15, 0.2) is 0 Å². The molecule has 27 heavy (non-hydrogen) atoms. The van der Waals surface area contributed by atoms with Crippen molar-refractivity contribution >= 4 is 12.0 Å². The van der Waals surface area contributed by atoms with Gasteiger partial charge in [0, 0.05) is 38.8 Å². The summed E-state index contributed by atoms with van der Waals surface area (Å²) in [6, 6.07) is -0.173. The van der Waals surface area contributed by atoms with Gasteiger partial charge in [0.05, 0.1) is 6.10 Å². The molecule has 3 fully saturated rings. The average molecular weight is 383 g/mol. The lowest BCUT2D eigenvalue weighted by Gasteiger charge is -2.41. The molecule has 2 amide bonds. The molecular formula is C19H34N4O4. The highest BCUT2D eigenvalue weighted by Gasteiger charge is 2.33. The van der Waals surface area contributed by atoms with E-state index in [0.29, 0.717) is 51.6 Å². The number of nitrogens with zero attached hydrogens (tertiary/aromatic N) is 3. The van der Waals surface area contributed by atoms with Crippen LogP contribution < -0.4 is 5.32 Å². The second-order valence-electron chi connectivity index (χ2n) is 8.19. The summed E-state index contributed by atoms with van der Waals surface area (Å²) < 4.78 is 0. The molecule has 8 nitrogen and oxygen atoms in total. The van der Waals surface area contributed by atoms with Crippen molar-refractivity contribution in [1.82, 2.24) is 20.0 Å². The zero-order valence-corrected chi connectivity index (χ0v) is 16.2. The van der Waals surface area contributed by atoms with Crippen LogP contribution in [0.5, 0.6) is 0 Å². The van der Waals surface area contributed by atoms with Crippen LogP contribution in [0.2, 0.25) is 0 Å². The van der Waals surface area contributed by atoms with Gasteiger partial charge in [-0.25, -0.2) is 4.79 Å². The zero-order valence-electron chi connectivity index (χ0n) is 16.2. The number of nitrogens with one attached hydrogen (secondary N) is 1. The van der Waals surface area contributed by atoms with E-state index >= 15 is 0 Å². The van der Waals surface area contributed by atoms with Crippen molar-refractivity contribution in [2.45, 2.75) is 63.1 Å². The predicted octanol–water partition coefficient (Wildman–Crippen LogP) is 0.556. The van der Waals surface area contributed by atoms with Gasteiger partial charge in [-0.15, -0.1) is 0 Å². The zero-order chi connectivity index (χ0) is 19.2. The molecule has 154 valence electrons.